The van der Waals surface area contributed by atoms with Gasteiger partial charge in [-0.25, -0.2) is 0 Å². The van der Waals surface area contributed by atoms with E-state index in [0.717, 1.165) is 34.9 Å². The second-order valence-corrected chi connectivity index (χ2v) is 10.2. The zero-order valence-corrected chi connectivity index (χ0v) is 21.7. The lowest BCUT2D eigenvalue weighted by Crippen LogP contribution is -2.14. The summed E-state index contributed by atoms with van der Waals surface area (Å²) < 4.78 is 0. The van der Waals surface area contributed by atoms with Gasteiger partial charge in [0.05, 0.1) is 0 Å². The Hall–Kier alpha value is -2.44. The van der Waals surface area contributed by atoms with Crippen LogP contribution >= 0.6 is 0 Å². The molecule has 3 rings (SSSR count). The zero-order chi connectivity index (χ0) is 23.8. The first-order chi connectivity index (χ1) is 16.8. The molecular formula is C34H44. The van der Waals surface area contributed by atoms with Crippen LogP contribution in [0.4, 0.5) is 0 Å². The van der Waals surface area contributed by atoms with Gasteiger partial charge in [-0.3, -0.25) is 0 Å². The maximum Gasteiger partial charge on any atom is 0.0249 e. The van der Waals surface area contributed by atoms with Crippen molar-refractivity contribution in [2.45, 2.75) is 104 Å². The lowest BCUT2D eigenvalue weighted by Gasteiger charge is -2.27. The molecule has 2 aromatic rings. The Balaban J connectivity index is 1.39. The predicted molar refractivity (Wildman–Crippen MR) is 148 cm³/mol. The first-order valence-corrected chi connectivity index (χ1v) is 14.0. The van der Waals surface area contributed by atoms with Crippen molar-refractivity contribution in [3.63, 3.8) is 0 Å². The lowest BCUT2D eigenvalue weighted by molar-refractivity contribution is 0.259. The monoisotopic (exact) mass is 452 g/mol. The van der Waals surface area contributed by atoms with Gasteiger partial charge < -0.3 is 0 Å². The van der Waals surface area contributed by atoms with Gasteiger partial charge in [0, 0.05) is 23.1 Å². The minimum absolute atomic E-state index is 0.936. The largest absolute Gasteiger partial charge is 0.0979 e. The molecule has 0 atom stereocenters. The van der Waals surface area contributed by atoms with Crippen LogP contribution in [0.15, 0.2) is 48.5 Å². The Morgan fingerprint density at radius 1 is 0.618 bits per heavy atom. The molecule has 1 saturated carbocycles. The Bertz CT molecular complexity index is 932. The maximum absolute atomic E-state index is 3.32. The summed E-state index contributed by atoms with van der Waals surface area (Å²) in [5.74, 6) is 15.2. The van der Waals surface area contributed by atoms with E-state index in [1.165, 1.54) is 89.0 Å². The van der Waals surface area contributed by atoms with Gasteiger partial charge in [0.2, 0.25) is 0 Å². The van der Waals surface area contributed by atoms with Crippen molar-refractivity contribution in [1.29, 1.82) is 0 Å². The van der Waals surface area contributed by atoms with Gasteiger partial charge in [-0.15, -0.1) is 0 Å². The fourth-order valence-corrected chi connectivity index (χ4v) is 4.99. The van der Waals surface area contributed by atoms with Gasteiger partial charge in [-0.05, 0) is 73.1 Å². The fraction of sp³-hybridized carbons (Fsp3) is 0.529. The van der Waals surface area contributed by atoms with Crippen LogP contribution in [-0.2, 0) is 6.42 Å². The third kappa shape index (κ3) is 9.82. The van der Waals surface area contributed by atoms with Crippen molar-refractivity contribution < 1.29 is 0 Å². The number of benzene rings is 2. The number of hydrogen-bond donors (Lipinski definition) is 0. The zero-order valence-electron chi connectivity index (χ0n) is 21.7. The fourth-order valence-electron chi connectivity index (χ4n) is 4.99. The molecule has 2 aromatic carbocycles. The quantitative estimate of drug-likeness (QED) is 0.249. The van der Waals surface area contributed by atoms with Gasteiger partial charge in [0.25, 0.3) is 0 Å². The molecule has 0 aromatic heterocycles. The highest BCUT2D eigenvalue weighted by Crippen LogP contribution is 2.33. The first kappa shape index (κ1) is 26.2. The topological polar surface area (TPSA) is 0 Å². The highest BCUT2D eigenvalue weighted by molar-refractivity contribution is 5.46. The molecule has 0 nitrogen and oxygen atoms in total. The molecule has 0 unspecified atom stereocenters. The highest BCUT2D eigenvalue weighted by Gasteiger charge is 2.19. The maximum atomic E-state index is 3.32. The van der Waals surface area contributed by atoms with Gasteiger partial charge in [0.1, 0.15) is 0 Å². The molecule has 0 bridgehead atoms. The molecule has 1 aliphatic rings. The molecule has 0 saturated heterocycles. The van der Waals surface area contributed by atoms with E-state index in [1.807, 2.05) is 0 Å². The molecule has 0 spiro atoms. The molecule has 0 N–H and O–H groups in total. The van der Waals surface area contributed by atoms with Crippen molar-refractivity contribution in [2.24, 2.45) is 11.8 Å². The van der Waals surface area contributed by atoms with E-state index in [2.05, 4.69) is 86.1 Å². The average Bonchev–Trinajstić information content (AvgIpc) is 2.89. The lowest BCUT2D eigenvalue weighted by atomic mass is 9.78. The second kappa shape index (κ2) is 15.5. The van der Waals surface area contributed by atoms with Gasteiger partial charge in [-0.2, -0.15) is 0 Å². The van der Waals surface area contributed by atoms with Crippen LogP contribution in [0, 0.1) is 35.5 Å². The van der Waals surface area contributed by atoms with Crippen molar-refractivity contribution in [3.05, 3.63) is 70.8 Å². The molecular weight excluding hydrogens is 408 g/mol. The van der Waals surface area contributed by atoms with Crippen LogP contribution in [0.2, 0.25) is 0 Å². The standard InChI is InChI=1S/C34H44/c1-3-5-6-7-8-9-10-11-12-30-17-19-32(20-18-30)23-24-34-27-25-33(26-28-34)22-21-31-15-13-29(4-2)14-16-31/h17-20,25-29,31H,3-10,13-16,21-22H2,1-2H3. The van der Waals surface area contributed by atoms with Crippen molar-refractivity contribution >= 4 is 0 Å². The van der Waals surface area contributed by atoms with Gasteiger partial charge in [-0.1, -0.05) is 114 Å². The number of unbranched alkanes of at least 4 members (excludes halogenated alkanes) is 6. The summed E-state index contributed by atoms with van der Waals surface area (Å²) in [4.78, 5) is 0. The normalized spacial score (nSPS) is 17.4. The van der Waals surface area contributed by atoms with Gasteiger partial charge >= 0.3 is 0 Å². The highest BCUT2D eigenvalue weighted by atomic mass is 14.2. The van der Waals surface area contributed by atoms with E-state index in [0.29, 0.717) is 0 Å². The van der Waals surface area contributed by atoms with Crippen molar-refractivity contribution in [2.75, 3.05) is 0 Å². The van der Waals surface area contributed by atoms with Crippen molar-refractivity contribution in [3.8, 4) is 23.7 Å². The molecule has 0 heteroatoms. The third-order valence-electron chi connectivity index (χ3n) is 7.46. The summed E-state index contributed by atoms with van der Waals surface area (Å²) in [7, 11) is 0. The Labute approximate surface area is 210 Å². The number of hydrogen-bond acceptors (Lipinski definition) is 0. The van der Waals surface area contributed by atoms with E-state index >= 15 is 0 Å². The number of rotatable bonds is 10. The first-order valence-electron chi connectivity index (χ1n) is 14.0. The third-order valence-corrected chi connectivity index (χ3v) is 7.46. The molecule has 0 amide bonds. The summed E-state index contributed by atoms with van der Waals surface area (Å²) in [5.41, 5.74) is 4.68. The molecule has 0 aliphatic heterocycles. The summed E-state index contributed by atoms with van der Waals surface area (Å²) in [6, 6.07) is 17.3. The van der Waals surface area contributed by atoms with E-state index in [-0.39, 0.29) is 0 Å². The molecule has 34 heavy (non-hydrogen) atoms. The molecule has 0 heterocycles. The average molecular weight is 453 g/mol. The predicted octanol–water partition coefficient (Wildman–Crippen LogP) is 9.34. The van der Waals surface area contributed by atoms with Crippen LogP contribution < -0.4 is 0 Å². The van der Waals surface area contributed by atoms with Crippen LogP contribution in [0.1, 0.15) is 120 Å². The van der Waals surface area contributed by atoms with E-state index in [1.54, 1.807) is 0 Å². The SMILES string of the molecule is CCCCCCCCC#Cc1ccc(C#Cc2ccc(CCC3CCC(CC)CC3)cc2)cc1. The minimum atomic E-state index is 0.936. The summed E-state index contributed by atoms with van der Waals surface area (Å²) >= 11 is 0. The van der Waals surface area contributed by atoms with Gasteiger partial charge in [0.15, 0.2) is 0 Å². The summed E-state index contributed by atoms with van der Waals surface area (Å²) in [5, 5.41) is 0. The minimum Gasteiger partial charge on any atom is -0.0979 e. The Kier molecular flexibility index (Phi) is 11.9. The second-order valence-electron chi connectivity index (χ2n) is 10.2. The van der Waals surface area contributed by atoms with Crippen LogP contribution in [0.5, 0.6) is 0 Å². The number of aryl methyl sites for hydroxylation is 1. The summed E-state index contributed by atoms with van der Waals surface area (Å²) in [6.45, 7) is 4.61. The van der Waals surface area contributed by atoms with E-state index in [4.69, 9.17) is 0 Å². The van der Waals surface area contributed by atoms with Crippen molar-refractivity contribution in [1.82, 2.24) is 0 Å². The molecule has 1 fully saturated rings. The van der Waals surface area contributed by atoms with Crippen LogP contribution in [0.25, 0.3) is 0 Å². The molecule has 1 aliphatic carbocycles. The van der Waals surface area contributed by atoms with E-state index in [9.17, 15) is 0 Å². The molecule has 0 radical (unpaired) electrons. The Morgan fingerprint density at radius 2 is 1.15 bits per heavy atom. The Morgan fingerprint density at radius 3 is 1.76 bits per heavy atom. The van der Waals surface area contributed by atoms with Crippen LogP contribution in [-0.4, -0.2) is 0 Å². The smallest absolute Gasteiger partial charge is 0.0249 e. The summed E-state index contributed by atoms with van der Waals surface area (Å²) in [6.07, 6.45) is 18.6. The van der Waals surface area contributed by atoms with E-state index < -0.39 is 0 Å². The molecule has 180 valence electrons. The van der Waals surface area contributed by atoms with Crippen LogP contribution in [0.3, 0.4) is 0 Å².